The maximum absolute atomic E-state index is 14.3. The van der Waals surface area contributed by atoms with Gasteiger partial charge in [0.1, 0.15) is 0 Å². The number of benzene rings is 2. The summed E-state index contributed by atoms with van der Waals surface area (Å²) in [5.41, 5.74) is -3.57. The quantitative estimate of drug-likeness (QED) is 0.293. The summed E-state index contributed by atoms with van der Waals surface area (Å²) in [6.07, 6.45) is -4.69. The van der Waals surface area contributed by atoms with Crippen molar-refractivity contribution in [1.29, 1.82) is 0 Å². The number of halogens is 6. The van der Waals surface area contributed by atoms with Gasteiger partial charge in [-0.1, -0.05) is 23.9 Å². The highest BCUT2D eigenvalue weighted by Crippen LogP contribution is 2.48. The van der Waals surface area contributed by atoms with Crippen molar-refractivity contribution in [3.05, 3.63) is 59.2 Å². The number of anilines is 1. The van der Waals surface area contributed by atoms with Crippen LogP contribution < -0.4 is 5.32 Å². The van der Waals surface area contributed by atoms with Gasteiger partial charge in [0.25, 0.3) is 0 Å². The van der Waals surface area contributed by atoms with Crippen molar-refractivity contribution in [3.63, 3.8) is 0 Å². The molecule has 222 valence electrons. The van der Waals surface area contributed by atoms with E-state index in [9.17, 15) is 31.1 Å². The zero-order chi connectivity index (χ0) is 29.4. The Bertz CT molecular complexity index is 1280. The average molecular weight is 600 g/mol. The molecule has 0 saturated carbocycles. The van der Waals surface area contributed by atoms with Crippen LogP contribution >= 0.6 is 11.8 Å². The molecule has 0 aliphatic carbocycles. The van der Waals surface area contributed by atoms with Crippen molar-refractivity contribution in [2.24, 2.45) is 0 Å². The first-order valence-electron chi connectivity index (χ1n) is 13.5. The molecular formula is C29H31F6N3O2S. The number of nitrogens with one attached hydrogen (secondary N) is 1. The summed E-state index contributed by atoms with van der Waals surface area (Å²) in [4.78, 5) is 16.0. The molecule has 1 amide bonds. The molecule has 5 rings (SSSR count). The van der Waals surface area contributed by atoms with Crippen molar-refractivity contribution >= 4 is 29.4 Å². The number of amides is 1. The summed E-state index contributed by atoms with van der Waals surface area (Å²) in [5.74, 6) is -0.588. The molecule has 3 aliphatic rings. The van der Waals surface area contributed by atoms with Crippen molar-refractivity contribution in [2.45, 2.75) is 66.0 Å². The van der Waals surface area contributed by atoms with Crippen LogP contribution in [-0.2, 0) is 21.9 Å². The summed E-state index contributed by atoms with van der Waals surface area (Å²) in [7, 11) is 2.13. The number of alkyl halides is 6. The van der Waals surface area contributed by atoms with E-state index >= 15 is 0 Å². The Hall–Kier alpha value is -2.70. The minimum Gasteiger partial charge on any atom is -0.382 e. The lowest BCUT2D eigenvalue weighted by Crippen LogP contribution is -2.44. The lowest BCUT2D eigenvalue weighted by molar-refractivity contribution is -0.163. The molecule has 12 heteroatoms. The topological polar surface area (TPSA) is 44.8 Å². The number of rotatable bonds is 6. The Morgan fingerprint density at radius 3 is 2.27 bits per heavy atom. The third-order valence-corrected chi connectivity index (χ3v) is 9.08. The highest BCUT2D eigenvalue weighted by molar-refractivity contribution is 7.99. The van der Waals surface area contributed by atoms with Crippen LogP contribution in [0.3, 0.4) is 0 Å². The lowest BCUT2D eigenvalue weighted by Gasteiger charge is -2.37. The Balaban J connectivity index is 1.41. The number of carbonyl (C=O) groups excluding carboxylic acids is 1. The number of piperidine rings is 1. The van der Waals surface area contributed by atoms with E-state index in [2.05, 4.69) is 17.3 Å². The Morgan fingerprint density at radius 2 is 1.63 bits per heavy atom. The van der Waals surface area contributed by atoms with Crippen LogP contribution in [0.2, 0.25) is 0 Å². The monoisotopic (exact) mass is 599 g/mol. The zero-order valence-corrected chi connectivity index (χ0v) is 23.2. The number of carbonyl (C=O) groups is 1. The van der Waals surface area contributed by atoms with Crippen LogP contribution in [0.1, 0.15) is 42.4 Å². The van der Waals surface area contributed by atoms with Crippen molar-refractivity contribution in [1.82, 2.24) is 9.80 Å². The van der Waals surface area contributed by atoms with Gasteiger partial charge in [-0.3, -0.25) is 4.79 Å². The van der Waals surface area contributed by atoms with E-state index in [4.69, 9.17) is 4.74 Å². The molecule has 3 aliphatic heterocycles. The molecule has 2 aromatic rings. The minimum atomic E-state index is -5.31. The Kier molecular flexibility index (Phi) is 8.63. The summed E-state index contributed by atoms with van der Waals surface area (Å²) in [6, 6.07) is 9.99. The van der Waals surface area contributed by atoms with Gasteiger partial charge in [0.2, 0.25) is 5.91 Å². The third-order valence-electron chi connectivity index (χ3n) is 8.03. The van der Waals surface area contributed by atoms with Crippen LogP contribution in [0.25, 0.3) is 6.08 Å². The standard InChI is InChI=1S/C29H31F6N3O2S/c1-37-21-7-8-22(37)16-20(15-21)36-19-3-2-4-23(17-19)41-24-9-5-18(6-10-25(39)38-11-13-40-14-12-38)26(28(30,31)32)27(24)29(33,34)35/h2-6,9-10,17,20-22,36H,7-8,11-16H2,1H3/b10-6+/t20?,21-,22+. The molecule has 1 unspecified atom stereocenters. The van der Waals surface area contributed by atoms with E-state index in [-0.39, 0.29) is 32.3 Å². The van der Waals surface area contributed by atoms with Crippen molar-refractivity contribution in [3.8, 4) is 0 Å². The Morgan fingerprint density at radius 1 is 0.976 bits per heavy atom. The number of hydrogen-bond donors (Lipinski definition) is 1. The molecule has 2 bridgehead atoms. The van der Waals surface area contributed by atoms with Crippen LogP contribution in [0.15, 0.2) is 52.3 Å². The second-order valence-corrected chi connectivity index (χ2v) is 11.8. The van der Waals surface area contributed by atoms with Crippen LogP contribution in [0.4, 0.5) is 32.0 Å². The van der Waals surface area contributed by atoms with E-state index in [1.165, 1.54) is 4.90 Å². The van der Waals surface area contributed by atoms with Gasteiger partial charge in [-0.25, -0.2) is 0 Å². The largest absolute Gasteiger partial charge is 0.418 e. The van der Waals surface area contributed by atoms with Gasteiger partial charge in [0.15, 0.2) is 0 Å². The predicted molar refractivity (Wildman–Crippen MR) is 145 cm³/mol. The number of hydrogen-bond acceptors (Lipinski definition) is 5. The molecule has 3 heterocycles. The molecule has 5 nitrogen and oxygen atoms in total. The van der Waals surface area contributed by atoms with Gasteiger partial charge in [-0.15, -0.1) is 0 Å². The van der Waals surface area contributed by atoms with Crippen molar-refractivity contribution in [2.75, 3.05) is 38.7 Å². The second kappa shape index (κ2) is 11.9. The van der Waals surface area contributed by atoms with Gasteiger partial charge in [-0.2, -0.15) is 26.3 Å². The molecule has 3 fully saturated rings. The maximum atomic E-state index is 14.3. The predicted octanol–water partition coefficient (Wildman–Crippen LogP) is 6.78. The molecule has 41 heavy (non-hydrogen) atoms. The first kappa shape index (κ1) is 29.8. The highest BCUT2D eigenvalue weighted by Gasteiger charge is 2.46. The SMILES string of the molecule is CN1[C@@H]2CC[C@H]1CC(Nc1cccc(Sc3ccc(/C=C/C(=O)N4CCOCC4)c(C(F)(F)F)c3C(F)(F)F)c1)C2. The summed E-state index contributed by atoms with van der Waals surface area (Å²) in [5, 5.41) is 3.48. The van der Waals surface area contributed by atoms with E-state index in [1.807, 2.05) is 6.07 Å². The van der Waals surface area contributed by atoms with Gasteiger partial charge in [-0.05, 0) is 68.6 Å². The molecule has 0 radical (unpaired) electrons. The second-order valence-electron chi connectivity index (χ2n) is 10.7. The van der Waals surface area contributed by atoms with Crippen molar-refractivity contribution < 1.29 is 35.9 Å². The number of ether oxygens (including phenoxy) is 1. The molecular weight excluding hydrogens is 568 g/mol. The highest BCUT2D eigenvalue weighted by atomic mass is 32.2. The molecule has 1 N–H and O–H groups in total. The fourth-order valence-corrected chi connectivity index (χ4v) is 7.04. The number of nitrogens with zero attached hydrogens (tertiary/aromatic N) is 2. The number of fused-ring (bicyclic) bond motifs is 2. The Labute approximate surface area is 238 Å². The summed E-state index contributed by atoms with van der Waals surface area (Å²) in [6.45, 7) is 1.08. The summed E-state index contributed by atoms with van der Waals surface area (Å²) < 4.78 is 90.5. The normalized spacial score (nSPS) is 23.8. The van der Waals surface area contributed by atoms with Gasteiger partial charge >= 0.3 is 12.4 Å². The maximum Gasteiger partial charge on any atom is 0.418 e. The van der Waals surface area contributed by atoms with Gasteiger partial charge in [0.05, 0.1) is 24.3 Å². The number of morpholine rings is 1. The summed E-state index contributed by atoms with van der Waals surface area (Å²) >= 11 is 0.636. The van der Waals surface area contributed by atoms with E-state index in [0.717, 1.165) is 55.7 Å². The minimum absolute atomic E-state index is 0.220. The van der Waals surface area contributed by atoms with Crippen LogP contribution in [0.5, 0.6) is 0 Å². The van der Waals surface area contributed by atoms with Gasteiger partial charge in [0, 0.05) is 52.8 Å². The fourth-order valence-electron chi connectivity index (χ4n) is 6.00. The zero-order valence-electron chi connectivity index (χ0n) is 22.4. The van der Waals surface area contributed by atoms with Gasteiger partial charge < -0.3 is 19.9 Å². The third kappa shape index (κ3) is 6.86. The first-order chi connectivity index (χ1) is 19.4. The molecule has 3 atom stereocenters. The van der Waals surface area contributed by atoms with Crippen LogP contribution in [0, 0.1) is 0 Å². The molecule has 3 saturated heterocycles. The van der Waals surface area contributed by atoms with E-state index in [0.29, 0.717) is 28.7 Å². The molecule has 0 spiro atoms. The fraction of sp³-hybridized carbons (Fsp3) is 0.483. The average Bonchev–Trinajstić information content (AvgIpc) is 3.11. The first-order valence-corrected chi connectivity index (χ1v) is 14.3. The van der Waals surface area contributed by atoms with E-state index in [1.54, 1.807) is 18.2 Å². The molecule has 2 aromatic carbocycles. The smallest absolute Gasteiger partial charge is 0.382 e. The van der Waals surface area contributed by atoms with Crippen LogP contribution in [-0.4, -0.2) is 67.2 Å². The lowest BCUT2D eigenvalue weighted by atomic mass is 9.98. The van der Waals surface area contributed by atoms with E-state index < -0.39 is 39.8 Å². The molecule has 0 aromatic heterocycles.